The van der Waals surface area contributed by atoms with Crippen LogP contribution in [0.5, 0.6) is 0 Å². The van der Waals surface area contributed by atoms with Gasteiger partial charge in [-0.1, -0.05) is 0 Å². The van der Waals surface area contributed by atoms with Crippen molar-refractivity contribution in [2.75, 3.05) is 14.2 Å². The highest BCUT2D eigenvalue weighted by atomic mass is 35.5. The summed E-state index contributed by atoms with van der Waals surface area (Å²) in [6.45, 7) is 0. The van der Waals surface area contributed by atoms with Crippen LogP contribution < -0.4 is 5.32 Å². The average Bonchev–Trinajstić information content (AvgIpc) is 2.26. The number of rotatable bonds is 2. The molecule has 0 aromatic rings. The molecule has 1 fully saturated rings. The number of amides is 2. The molecule has 0 saturated carbocycles. The lowest BCUT2D eigenvalue weighted by molar-refractivity contribution is -0.199. The van der Waals surface area contributed by atoms with Crippen LogP contribution in [0.25, 0.3) is 0 Å². The third-order valence-corrected chi connectivity index (χ3v) is 2.21. The summed E-state index contributed by atoms with van der Waals surface area (Å²) in [5.41, 5.74) is 0. The highest BCUT2D eigenvalue weighted by molar-refractivity contribution is 6.37. The normalized spacial score (nSPS) is 27.4. The van der Waals surface area contributed by atoms with Gasteiger partial charge < -0.3 is 9.47 Å². The van der Waals surface area contributed by atoms with Crippen molar-refractivity contribution in [3.8, 4) is 0 Å². The summed E-state index contributed by atoms with van der Waals surface area (Å²) in [5.74, 6) is -2.94. The van der Waals surface area contributed by atoms with Gasteiger partial charge in [0.1, 0.15) is 0 Å². The van der Waals surface area contributed by atoms with Crippen LogP contribution >= 0.6 is 11.6 Å². The number of ether oxygens (including phenoxy) is 2. The molecule has 12 heavy (non-hydrogen) atoms. The topological polar surface area (TPSA) is 64.6 Å². The van der Waals surface area contributed by atoms with Gasteiger partial charge in [-0.05, 0) is 0 Å². The van der Waals surface area contributed by atoms with Crippen molar-refractivity contribution in [1.29, 1.82) is 0 Å². The van der Waals surface area contributed by atoms with Gasteiger partial charge in [0.25, 0.3) is 17.6 Å². The van der Waals surface area contributed by atoms with E-state index in [9.17, 15) is 9.59 Å². The van der Waals surface area contributed by atoms with E-state index in [1.54, 1.807) is 0 Å². The fourth-order valence-electron chi connectivity index (χ4n) is 1.03. The molecule has 0 aromatic heterocycles. The standard InChI is InChI=1S/C6H8ClNO4/c1-11-6(12-2)3(7)4(9)8-5(6)10/h3H,1-2H3,(H,8,9,10). The Hall–Kier alpha value is -0.650. The van der Waals surface area contributed by atoms with E-state index in [-0.39, 0.29) is 0 Å². The van der Waals surface area contributed by atoms with Crippen LogP contribution in [0, 0.1) is 0 Å². The number of halogens is 1. The Morgan fingerprint density at radius 1 is 1.42 bits per heavy atom. The molecule has 68 valence electrons. The van der Waals surface area contributed by atoms with Crippen molar-refractivity contribution in [3.63, 3.8) is 0 Å². The first-order chi connectivity index (χ1) is 5.58. The Bertz CT molecular complexity index is 226. The fourth-order valence-corrected chi connectivity index (χ4v) is 1.36. The minimum atomic E-state index is -1.67. The summed E-state index contributed by atoms with van der Waals surface area (Å²) < 4.78 is 9.51. The van der Waals surface area contributed by atoms with Crippen LogP contribution in [0.2, 0.25) is 0 Å². The van der Waals surface area contributed by atoms with Gasteiger partial charge in [-0.3, -0.25) is 14.9 Å². The van der Waals surface area contributed by atoms with Crippen molar-refractivity contribution in [1.82, 2.24) is 5.32 Å². The molecule has 0 spiro atoms. The second kappa shape index (κ2) is 3.01. The molecule has 5 nitrogen and oxygen atoms in total. The number of carbonyl (C=O) groups excluding carboxylic acids is 2. The Morgan fingerprint density at radius 3 is 2.08 bits per heavy atom. The zero-order chi connectivity index (χ0) is 9.35. The smallest absolute Gasteiger partial charge is 0.289 e. The van der Waals surface area contributed by atoms with E-state index in [0.29, 0.717) is 0 Å². The zero-order valence-corrected chi connectivity index (χ0v) is 7.34. The van der Waals surface area contributed by atoms with Crippen LogP contribution in [0.3, 0.4) is 0 Å². The van der Waals surface area contributed by atoms with Crippen LogP contribution in [0.4, 0.5) is 0 Å². The number of alkyl halides is 1. The molecule has 1 rings (SSSR count). The zero-order valence-electron chi connectivity index (χ0n) is 6.59. The molecule has 1 unspecified atom stereocenters. The van der Waals surface area contributed by atoms with Gasteiger partial charge in [0.05, 0.1) is 0 Å². The number of imide groups is 1. The Kier molecular flexibility index (Phi) is 2.36. The van der Waals surface area contributed by atoms with Gasteiger partial charge in [-0.2, -0.15) is 0 Å². The molecule has 1 N–H and O–H groups in total. The molecular weight excluding hydrogens is 186 g/mol. The molecule has 1 saturated heterocycles. The first-order valence-electron chi connectivity index (χ1n) is 3.18. The van der Waals surface area contributed by atoms with Crippen LogP contribution in [-0.4, -0.2) is 37.2 Å². The molecule has 1 atom stereocenters. The Balaban J connectivity index is 3.01. The summed E-state index contributed by atoms with van der Waals surface area (Å²) in [6, 6.07) is 0. The predicted octanol–water partition coefficient (Wildman–Crippen LogP) is -0.761. The number of hydrogen-bond donors (Lipinski definition) is 1. The van der Waals surface area contributed by atoms with Gasteiger partial charge in [-0.15, -0.1) is 11.6 Å². The van der Waals surface area contributed by atoms with Gasteiger partial charge >= 0.3 is 0 Å². The lowest BCUT2D eigenvalue weighted by Gasteiger charge is -2.23. The van der Waals surface area contributed by atoms with E-state index < -0.39 is 23.0 Å². The molecule has 6 heteroatoms. The van der Waals surface area contributed by atoms with Gasteiger partial charge in [0.15, 0.2) is 5.38 Å². The first kappa shape index (κ1) is 9.44. The van der Waals surface area contributed by atoms with E-state index in [4.69, 9.17) is 21.1 Å². The number of methoxy groups -OCH3 is 2. The maximum Gasteiger partial charge on any atom is 0.289 e. The van der Waals surface area contributed by atoms with E-state index in [2.05, 4.69) is 0 Å². The van der Waals surface area contributed by atoms with Crippen molar-refractivity contribution >= 4 is 23.4 Å². The second-order valence-electron chi connectivity index (χ2n) is 2.26. The highest BCUT2D eigenvalue weighted by Crippen LogP contribution is 2.26. The maximum atomic E-state index is 11.1. The minimum absolute atomic E-state index is 0.606. The summed E-state index contributed by atoms with van der Waals surface area (Å²) in [5, 5.41) is 0.861. The predicted molar refractivity (Wildman–Crippen MR) is 39.5 cm³/mol. The van der Waals surface area contributed by atoms with Crippen LogP contribution in [-0.2, 0) is 19.1 Å². The van der Waals surface area contributed by atoms with Crippen molar-refractivity contribution in [2.45, 2.75) is 11.2 Å². The average molecular weight is 194 g/mol. The third-order valence-electron chi connectivity index (χ3n) is 1.72. The largest absolute Gasteiger partial charge is 0.344 e. The van der Waals surface area contributed by atoms with Crippen LogP contribution in [0.15, 0.2) is 0 Å². The molecule has 1 aliphatic heterocycles. The highest BCUT2D eigenvalue weighted by Gasteiger charge is 2.56. The number of nitrogens with one attached hydrogen (secondary N) is 1. The van der Waals surface area contributed by atoms with Gasteiger partial charge in [-0.25, -0.2) is 0 Å². The van der Waals surface area contributed by atoms with Gasteiger partial charge in [0.2, 0.25) is 0 Å². The molecule has 0 radical (unpaired) electrons. The van der Waals surface area contributed by atoms with Crippen LogP contribution in [0.1, 0.15) is 0 Å². The lowest BCUT2D eigenvalue weighted by Crippen LogP contribution is -2.47. The minimum Gasteiger partial charge on any atom is -0.344 e. The summed E-state index contributed by atoms with van der Waals surface area (Å²) in [6.07, 6.45) is 0. The second-order valence-corrected chi connectivity index (χ2v) is 2.69. The fraction of sp³-hybridized carbons (Fsp3) is 0.667. The Morgan fingerprint density at radius 2 is 1.92 bits per heavy atom. The molecule has 0 aliphatic carbocycles. The lowest BCUT2D eigenvalue weighted by atomic mass is 10.2. The first-order valence-corrected chi connectivity index (χ1v) is 3.61. The van der Waals surface area contributed by atoms with Crippen molar-refractivity contribution in [2.24, 2.45) is 0 Å². The van der Waals surface area contributed by atoms with Gasteiger partial charge in [0, 0.05) is 14.2 Å². The molecular formula is C6H8ClNO4. The number of hydrogen-bond acceptors (Lipinski definition) is 4. The van der Waals surface area contributed by atoms with E-state index in [0.717, 1.165) is 0 Å². The molecule has 2 amide bonds. The molecule has 0 bridgehead atoms. The monoisotopic (exact) mass is 193 g/mol. The number of carbonyl (C=O) groups is 2. The van der Waals surface area contributed by atoms with E-state index >= 15 is 0 Å². The Labute approximate surface area is 74.0 Å². The molecule has 1 aliphatic rings. The van der Waals surface area contributed by atoms with Crippen molar-refractivity contribution < 1.29 is 19.1 Å². The van der Waals surface area contributed by atoms with E-state index in [1.807, 2.05) is 5.32 Å². The quantitative estimate of drug-likeness (QED) is 0.356. The maximum absolute atomic E-state index is 11.1. The van der Waals surface area contributed by atoms with Crippen molar-refractivity contribution in [3.05, 3.63) is 0 Å². The third kappa shape index (κ3) is 1.01. The summed E-state index contributed by atoms with van der Waals surface area (Å²) >= 11 is 5.60. The molecule has 0 aromatic carbocycles. The summed E-state index contributed by atoms with van der Waals surface area (Å²) in [4.78, 5) is 22.0. The van der Waals surface area contributed by atoms with E-state index in [1.165, 1.54) is 14.2 Å². The molecule has 1 heterocycles. The summed E-state index contributed by atoms with van der Waals surface area (Å²) in [7, 11) is 2.49. The SMILES string of the molecule is COC1(OC)C(=O)NC(=O)C1Cl.